The molecule has 2 rings (SSSR count). The summed E-state index contributed by atoms with van der Waals surface area (Å²) in [4.78, 5) is 0. The summed E-state index contributed by atoms with van der Waals surface area (Å²) in [5, 5.41) is 1.95. The summed E-state index contributed by atoms with van der Waals surface area (Å²) in [6.07, 6.45) is 1.33. The highest BCUT2D eigenvalue weighted by Gasteiger charge is 2.36. The van der Waals surface area contributed by atoms with Gasteiger partial charge in [-0.15, -0.1) is 0 Å². The van der Waals surface area contributed by atoms with E-state index >= 15 is 0 Å². The van der Waals surface area contributed by atoms with Crippen molar-refractivity contribution in [1.82, 2.24) is 0 Å². The first kappa shape index (κ1) is 14.2. The zero-order valence-corrected chi connectivity index (χ0v) is 11.2. The quantitative estimate of drug-likeness (QED) is 0.551. The maximum absolute atomic E-state index is 11.2. The largest absolute Gasteiger partial charge is 1.00 e. The van der Waals surface area contributed by atoms with Crippen LogP contribution in [0.15, 0.2) is 0 Å². The summed E-state index contributed by atoms with van der Waals surface area (Å²) < 4.78 is 44.8. The number of rotatable bonds is 2. The Morgan fingerprint density at radius 3 is 1.44 bits per heavy atom. The Morgan fingerprint density at radius 2 is 1.19 bits per heavy atom. The van der Waals surface area contributed by atoms with Gasteiger partial charge in [0.25, 0.3) is 0 Å². The van der Waals surface area contributed by atoms with Gasteiger partial charge >= 0.3 is 0 Å². The molecule has 2 N–H and O–H groups in total. The summed E-state index contributed by atoms with van der Waals surface area (Å²) in [6.45, 7) is 0. The van der Waals surface area contributed by atoms with E-state index in [1.165, 1.54) is 0 Å². The lowest BCUT2D eigenvalue weighted by Gasteiger charge is -2.12. The highest BCUT2D eigenvalue weighted by Crippen LogP contribution is 2.11. The van der Waals surface area contributed by atoms with Crippen LogP contribution in [0.25, 0.3) is 0 Å². The van der Waals surface area contributed by atoms with Crippen molar-refractivity contribution in [2.45, 2.75) is 24.9 Å². The molecule has 96 valence electrons. The third-order valence-corrected chi connectivity index (χ3v) is 6.67. The number of halogens is 1. The predicted octanol–water partition coefficient (Wildman–Crippen LogP) is -5.07. The van der Waals surface area contributed by atoms with Crippen LogP contribution in [0.1, 0.15) is 12.8 Å². The molecule has 5 nitrogen and oxygen atoms in total. The molecule has 2 aliphatic rings. The number of nitrogens with two attached hydrogens (primary N) is 1. The smallest absolute Gasteiger partial charge is 0.156 e. The zero-order valence-electron chi connectivity index (χ0n) is 8.80. The Kier molecular flexibility index (Phi) is 4.26. The molecule has 0 aromatic carbocycles. The SMILES string of the molecule is O=S1(=O)CCC([NH2+]C2CCS(=O)(=O)C2)C1.[Cl-]. The molecule has 0 bridgehead atoms. The molecular weight excluding hydrogens is 274 g/mol. The van der Waals surface area contributed by atoms with Gasteiger partial charge in [0.15, 0.2) is 19.7 Å². The van der Waals surface area contributed by atoms with Gasteiger partial charge in [-0.25, -0.2) is 16.8 Å². The minimum atomic E-state index is -2.85. The molecule has 0 aromatic rings. The molecule has 2 aliphatic heterocycles. The minimum Gasteiger partial charge on any atom is -1.00 e. The predicted molar refractivity (Wildman–Crippen MR) is 56.0 cm³/mol. The van der Waals surface area contributed by atoms with Gasteiger partial charge in [-0.3, -0.25) is 0 Å². The summed E-state index contributed by atoms with van der Waals surface area (Å²) in [7, 11) is -5.69. The Bertz CT molecular complexity index is 403. The van der Waals surface area contributed by atoms with E-state index in [1.54, 1.807) is 0 Å². The van der Waals surface area contributed by atoms with Crippen LogP contribution in [0.2, 0.25) is 0 Å². The molecule has 0 aromatic heterocycles. The average Bonchev–Trinajstić information content (AvgIpc) is 2.56. The Morgan fingerprint density at radius 1 is 0.812 bits per heavy atom. The first-order valence-corrected chi connectivity index (χ1v) is 8.76. The van der Waals surface area contributed by atoms with E-state index in [-0.39, 0.29) is 47.5 Å². The van der Waals surface area contributed by atoms with Crippen molar-refractivity contribution in [1.29, 1.82) is 0 Å². The third-order valence-electron chi connectivity index (χ3n) is 3.08. The van der Waals surface area contributed by atoms with Crippen LogP contribution < -0.4 is 17.7 Å². The Balaban J connectivity index is 0.00000128. The van der Waals surface area contributed by atoms with Crippen LogP contribution in [0.5, 0.6) is 0 Å². The van der Waals surface area contributed by atoms with Gasteiger partial charge < -0.3 is 17.7 Å². The molecule has 2 heterocycles. The number of hydrogen-bond acceptors (Lipinski definition) is 4. The molecule has 2 saturated heterocycles. The topological polar surface area (TPSA) is 84.9 Å². The van der Waals surface area contributed by atoms with Crippen LogP contribution in [-0.4, -0.2) is 51.9 Å². The lowest BCUT2D eigenvalue weighted by Crippen LogP contribution is -3.00. The lowest BCUT2D eigenvalue weighted by atomic mass is 10.2. The highest BCUT2D eigenvalue weighted by atomic mass is 35.5. The van der Waals surface area contributed by atoms with E-state index in [0.717, 1.165) is 0 Å². The van der Waals surface area contributed by atoms with Crippen molar-refractivity contribution >= 4 is 19.7 Å². The van der Waals surface area contributed by atoms with E-state index in [2.05, 4.69) is 0 Å². The van der Waals surface area contributed by atoms with E-state index in [1.807, 2.05) is 5.32 Å². The molecule has 16 heavy (non-hydrogen) atoms. The van der Waals surface area contributed by atoms with Crippen molar-refractivity contribution in [3.63, 3.8) is 0 Å². The van der Waals surface area contributed by atoms with E-state index in [4.69, 9.17) is 0 Å². The van der Waals surface area contributed by atoms with Gasteiger partial charge in [-0.2, -0.15) is 0 Å². The van der Waals surface area contributed by atoms with E-state index in [9.17, 15) is 16.8 Å². The highest BCUT2D eigenvalue weighted by molar-refractivity contribution is 7.91. The molecule has 2 fully saturated rings. The number of quaternary nitrogens is 1. The molecule has 0 spiro atoms. The lowest BCUT2D eigenvalue weighted by molar-refractivity contribution is -0.712. The Labute approximate surface area is 102 Å². The second-order valence-electron chi connectivity index (χ2n) is 4.52. The van der Waals surface area contributed by atoms with Crippen molar-refractivity contribution in [2.24, 2.45) is 0 Å². The zero-order chi connectivity index (χ0) is 11.1. The summed E-state index contributed by atoms with van der Waals surface area (Å²) >= 11 is 0. The standard InChI is InChI=1S/C8H15NO4S2.ClH/c10-14(11)3-1-7(5-14)9-8-2-4-15(12,13)6-8;/h7-9H,1-6H2;1H. The maximum atomic E-state index is 11.2. The second kappa shape index (κ2) is 4.80. The van der Waals surface area contributed by atoms with Crippen LogP contribution >= 0.6 is 0 Å². The van der Waals surface area contributed by atoms with Crippen LogP contribution in [0.4, 0.5) is 0 Å². The first-order valence-electron chi connectivity index (χ1n) is 5.12. The summed E-state index contributed by atoms with van der Waals surface area (Å²) in [5.41, 5.74) is 0. The molecule has 0 radical (unpaired) electrons. The summed E-state index contributed by atoms with van der Waals surface area (Å²) in [6, 6.07) is 0.154. The molecule has 8 heteroatoms. The van der Waals surface area contributed by atoms with Gasteiger partial charge in [0.1, 0.15) is 23.6 Å². The van der Waals surface area contributed by atoms with Gasteiger partial charge in [0.05, 0.1) is 11.5 Å². The van der Waals surface area contributed by atoms with Gasteiger partial charge in [0, 0.05) is 12.8 Å². The monoisotopic (exact) mass is 289 g/mol. The Hall–Kier alpha value is 0.150. The minimum absolute atomic E-state index is 0. The number of sulfone groups is 2. The van der Waals surface area contributed by atoms with Crippen LogP contribution in [0, 0.1) is 0 Å². The van der Waals surface area contributed by atoms with E-state index < -0.39 is 19.7 Å². The number of hydrogen-bond donors (Lipinski definition) is 1. The molecule has 0 amide bonds. The third kappa shape index (κ3) is 3.58. The van der Waals surface area contributed by atoms with Gasteiger partial charge in [-0.1, -0.05) is 0 Å². The summed E-state index contributed by atoms with van der Waals surface area (Å²) in [5.74, 6) is 0.939. The average molecular weight is 290 g/mol. The van der Waals surface area contributed by atoms with Crippen molar-refractivity contribution < 1.29 is 34.6 Å². The van der Waals surface area contributed by atoms with Gasteiger partial charge in [-0.05, 0) is 0 Å². The fourth-order valence-corrected chi connectivity index (χ4v) is 5.85. The fourth-order valence-electron chi connectivity index (χ4n) is 2.34. The molecule has 2 unspecified atom stereocenters. The molecule has 0 saturated carbocycles. The van der Waals surface area contributed by atoms with Crippen molar-refractivity contribution in [3.8, 4) is 0 Å². The maximum Gasteiger partial charge on any atom is 0.156 e. The van der Waals surface area contributed by atoms with Crippen molar-refractivity contribution in [3.05, 3.63) is 0 Å². The molecule has 0 aliphatic carbocycles. The van der Waals surface area contributed by atoms with Gasteiger partial charge in [0.2, 0.25) is 0 Å². The normalized spacial score (nSPS) is 35.8. The second-order valence-corrected chi connectivity index (χ2v) is 8.98. The molecular formula is C8H16ClNO4S2. The van der Waals surface area contributed by atoms with E-state index in [0.29, 0.717) is 12.8 Å². The molecule has 2 atom stereocenters. The first-order chi connectivity index (χ1) is 6.86. The fraction of sp³-hybridized carbons (Fsp3) is 1.00. The van der Waals surface area contributed by atoms with Crippen LogP contribution in [-0.2, 0) is 19.7 Å². The van der Waals surface area contributed by atoms with Crippen LogP contribution in [0.3, 0.4) is 0 Å². The van der Waals surface area contributed by atoms with Crippen molar-refractivity contribution in [2.75, 3.05) is 23.0 Å².